The van der Waals surface area contributed by atoms with Gasteiger partial charge in [-0.2, -0.15) is 0 Å². The number of halogens is 1. The highest BCUT2D eigenvalue weighted by molar-refractivity contribution is 9.10. The van der Waals surface area contributed by atoms with Gasteiger partial charge in [0.1, 0.15) is 0 Å². The molecule has 0 bridgehead atoms. The van der Waals surface area contributed by atoms with Crippen molar-refractivity contribution in [2.75, 3.05) is 6.54 Å². The third-order valence-electron chi connectivity index (χ3n) is 2.24. The van der Waals surface area contributed by atoms with Crippen molar-refractivity contribution >= 4 is 37.6 Å². The van der Waals surface area contributed by atoms with E-state index in [9.17, 15) is 23.3 Å². The molecule has 2 N–H and O–H groups in total. The summed E-state index contributed by atoms with van der Waals surface area (Å²) in [5.74, 6) is -1.03. The second-order valence-corrected chi connectivity index (χ2v) is 6.48. The molecule has 0 aliphatic heterocycles. The summed E-state index contributed by atoms with van der Waals surface area (Å²) in [6.45, 7) is -0.0606. The van der Waals surface area contributed by atoms with Gasteiger partial charge < -0.3 is 5.11 Å². The molecule has 20 heavy (non-hydrogen) atoms. The van der Waals surface area contributed by atoms with E-state index in [1.165, 1.54) is 12.1 Å². The molecule has 10 heteroatoms. The number of aliphatic carboxylic acids is 1. The monoisotopic (exact) mass is 366 g/mol. The van der Waals surface area contributed by atoms with Crippen molar-refractivity contribution in [2.45, 2.75) is 17.7 Å². The van der Waals surface area contributed by atoms with E-state index in [0.29, 0.717) is 0 Å². The van der Waals surface area contributed by atoms with Gasteiger partial charge in [0.05, 0.1) is 9.82 Å². The Bertz CT molecular complexity index is 631. The molecule has 0 amide bonds. The van der Waals surface area contributed by atoms with Crippen molar-refractivity contribution in [2.24, 2.45) is 0 Å². The molecule has 0 heterocycles. The van der Waals surface area contributed by atoms with Crippen molar-refractivity contribution in [3.05, 3.63) is 32.8 Å². The van der Waals surface area contributed by atoms with E-state index in [-0.39, 0.29) is 34.4 Å². The van der Waals surface area contributed by atoms with Gasteiger partial charge in [0.25, 0.3) is 5.69 Å². The third-order valence-corrected chi connectivity index (χ3v) is 4.13. The van der Waals surface area contributed by atoms with Crippen LogP contribution >= 0.6 is 15.9 Å². The van der Waals surface area contributed by atoms with Gasteiger partial charge in [0.15, 0.2) is 0 Å². The van der Waals surface area contributed by atoms with Crippen molar-refractivity contribution < 1.29 is 23.2 Å². The number of rotatable bonds is 7. The number of non-ortho nitro benzene ring substituents is 1. The molecule has 0 spiro atoms. The zero-order chi connectivity index (χ0) is 15.3. The van der Waals surface area contributed by atoms with Crippen LogP contribution in [0.2, 0.25) is 0 Å². The van der Waals surface area contributed by atoms with Crippen molar-refractivity contribution in [3.63, 3.8) is 0 Å². The molecule has 0 unspecified atom stereocenters. The highest BCUT2D eigenvalue weighted by Crippen LogP contribution is 2.24. The summed E-state index contributed by atoms with van der Waals surface area (Å²) in [7, 11) is -3.91. The zero-order valence-electron chi connectivity index (χ0n) is 10.1. The van der Waals surface area contributed by atoms with E-state index in [4.69, 9.17) is 5.11 Å². The fraction of sp³-hybridized carbons (Fsp3) is 0.300. The Kier molecular flexibility index (Phi) is 5.60. The summed E-state index contributed by atoms with van der Waals surface area (Å²) in [4.78, 5) is 20.0. The van der Waals surface area contributed by atoms with Gasteiger partial charge in [-0.1, -0.05) is 15.9 Å². The average molecular weight is 367 g/mol. The summed E-state index contributed by atoms with van der Waals surface area (Å²) >= 11 is 3.00. The zero-order valence-corrected chi connectivity index (χ0v) is 12.5. The molecule has 0 aromatic heterocycles. The summed E-state index contributed by atoms with van der Waals surface area (Å²) in [6, 6.07) is 3.35. The van der Waals surface area contributed by atoms with Crippen LogP contribution in [0, 0.1) is 10.1 Å². The van der Waals surface area contributed by atoms with Crippen LogP contribution in [0.5, 0.6) is 0 Å². The molecule has 1 rings (SSSR count). The second kappa shape index (κ2) is 6.77. The van der Waals surface area contributed by atoms with Gasteiger partial charge in [0.2, 0.25) is 10.0 Å². The first-order valence-corrected chi connectivity index (χ1v) is 7.66. The Morgan fingerprint density at radius 2 is 2.05 bits per heavy atom. The largest absolute Gasteiger partial charge is 0.481 e. The molecule has 0 atom stereocenters. The van der Waals surface area contributed by atoms with Crippen LogP contribution in [0.4, 0.5) is 5.69 Å². The number of benzene rings is 1. The molecule has 0 aliphatic carbocycles. The number of carboxylic acids is 1. The van der Waals surface area contributed by atoms with Gasteiger partial charge in [-0.3, -0.25) is 14.9 Å². The predicted octanol–water partition coefficient (Wildman–Crippen LogP) is 1.50. The highest BCUT2D eigenvalue weighted by Gasteiger charge is 2.18. The second-order valence-electron chi connectivity index (χ2n) is 3.80. The van der Waals surface area contributed by atoms with Gasteiger partial charge >= 0.3 is 5.97 Å². The number of nitro groups is 1. The Morgan fingerprint density at radius 3 is 2.60 bits per heavy atom. The molecule has 0 saturated carbocycles. The summed E-state index contributed by atoms with van der Waals surface area (Å²) in [6.07, 6.45) is -0.0359. The highest BCUT2D eigenvalue weighted by atomic mass is 79.9. The van der Waals surface area contributed by atoms with Gasteiger partial charge in [-0.25, -0.2) is 13.1 Å². The van der Waals surface area contributed by atoms with Crippen LogP contribution in [0.25, 0.3) is 0 Å². The maximum atomic E-state index is 11.9. The van der Waals surface area contributed by atoms with Crippen LogP contribution in [0.3, 0.4) is 0 Å². The maximum absolute atomic E-state index is 11.9. The van der Waals surface area contributed by atoms with Crippen LogP contribution < -0.4 is 4.72 Å². The van der Waals surface area contributed by atoms with E-state index >= 15 is 0 Å². The lowest BCUT2D eigenvalue weighted by Crippen LogP contribution is -2.25. The molecule has 0 radical (unpaired) electrons. The third kappa shape index (κ3) is 4.87. The van der Waals surface area contributed by atoms with Crippen molar-refractivity contribution in [1.82, 2.24) is 4.72 Å². The quantitative estimate of drug-likeness (QED) is 0.427. The predicted molar refractivity (Wildman–Crippen MR) is 72.9 cm³/mol. The first kappa shape index (κ1) is 16.5. The lowest BCUT2D eigenvalue weighted by molar-refractivity contribution is -0.385. The Hall–Kier alpha value is -1.52. The van der Waals surface area contributed by atoms with E-state index in [1.807, 2.05) is 0 Å². The Balaban J connectivity index is 2.87. The number of carbonyl (C=O) groups is 1. The topological polar surface area (TPSA) is 127 Å². The molecule has 110 valence electrons. The van der Waals surface area contributed by atoms with Crippen molar-refractivity contribution in [1.29, 1.82) is 0 Å². The number of hydrogen-bond acceptors (Lipinski definition) is 5. The molecular formula is C10H11BrN2O6S. The SMILES string of the molecule is O=C(O)CCCNS(=O)(=O)c1cc(Br)cc([N+](=O)[O-])c1. The fourth-order valence-corrected chi connectivity index (χ4v) is 3.11. The standard InChI is InChI=1S/C10H11BrN2O6S/c11-7-4-8(13(16)17)6-9(5-7)20(18,19)12-3-1-2-10(14)15/h4-6,12H,1-3H2,(H,14,15). The number of nitrogens with zero attached hydrogens (tertiary/aromatic N) is 1. The molecule has 0 aliphatic rings. The lowest BCUT2D eigenvalue weighted by Gasteiger charge is -2.06. The number of carboxylic acid groups (broad SMARTS) is 1. The smallest absolute Gasteiger partial charge is 0.303 e. The summed E-state index contributed by atoms with van der Waals surface area (Å²) < 4.78 is 26.3. The van der Waals surface area contributed by atoms with Crippen LogP contribution in [0.15, 0.2) is 27.6 Å². The number of sulfonamides is 1. The van der Waals surface area contributed by atoms with Crippen LogP contribution in [-0.4, -0.2) is 31.0 Å². The Morgan fingerprint density at radius 1 is 1.40 bits per heavy atom. The van der Waals surface area contributed by atoms with E-state index in [0.717, 1.165) is 6.07 Å². The molecule has 1 aromatic rings. The van der Waals surface area contributed by atoms with E-state index in [2.05, 4.69) is 20.7 Å². The first-order valence-electron chi connectivity index (χ1n) is 5.39. The summed E-state index contributed by atoms with van der Waals surface area (Å²) in [5.41, 5.74) is -0.356. The minimum absolute atomic E-state index is 0.0606. The van der Waals surface area contributed by atoms with E-state index < -0.39 is 20.9 Å². The first-order chi connectivity index (χ1) is 9.22. The van der Waals surface area contributed by atoms with Crippen LogP contribution in [0.1, 0.15) is 12.8 Å². The number of hydrogen-bond donors (Lipinski definition) is 2. The van der Waals surface area contributed by atoms with Gasteiger partial charge in [0, 0.05) is 29.6 Å². The van der Waals surface area contributed by atoms with Gasteiger partial charge in [-0.15, -0.1) is 0 Å². The van der Waals surface area contributed by atoms with Gasteiger partial charge in [-0.05, 0) is 12.5 Å². The minimum Gasteiger partial charge on any atom is -0.481 e. The minimum atomic E-state index is -3.91. The van der Waals surface area contributed by atoms with Crippen molar-refractivity contribution in [3.8, 4) is 0 Å². The molecule has 8 nitrogen and oxygen atoms in total. The molecular weight excluding hydrogens is 356 g/mol. The average Bonchev–Trinajstić information content (AvgIpc) is 2.33. The Labute approximate surface area is 123 Å². The van der Waals surface area contributed by atoms with E-state index in [1.54, 1.807) is 0 Å². The molecule has 0 fully saturated rings. The maximum Gasteiger partial charge on any atom is 0.303 e. The molecule has 1 aromatic carbocycles. The molecule has 0 saturated heterocycles. The number of nitro benzene ring substituents is 1. The summed E-state index contributed by atoms with van der Waals surface area (Å²) in [5, 5.41) is 19.1. The number of nitrogens with one attached hydrogen (secondary N) is 1. The lowest BCUT2D eigenvalue weighted by atomic mass is 10.3. The fourth-order valence-electron chi connectivity index (χ4n) is 1.34. The van der Waals surface area contributed by atoms with Crippen LogP contribution in [-0.2, 0) is 14.8 Å². The normalized spacial score (nSPS) is 11.2.